The molecule has 0 saturated heterocycles. The van der Waals surface area contributed by atoms with E-state index in [1.807, 2.05) is 13.8 Å². The number of amides is 1. The van der Waals surface area contributed by atoms with E-state index in [9.17, 15) is 9.59 Å². The molecule has 0 aromatic heterocycles. The maximum Gasteiger partial charge on any atom is 0.328 e. The lowest BCUT2D eigenvalue weighted by Gasteiger charge is -2.18. The van der Waals surface area contributed by atoms with E-state index in [1.165, 1.54) is 0 Å². The minimum atomic E-state index is -0.587. The number of esters is 1. The molecule has 0 heterocycles. The second kappa shape index (κ2) is 7.51. The summed E-state index contributed by atoms with van der Waals surface area (Å²) >= 11 is 5.35. The van der Waals surface area contributed by atoms with Crippen molar-refractivity contribution in [1.29, 1.82) is 0 Å². The molecule has 0 spiro atoms. The summed E-state index contributed by atoms with van der Waals surface area (Å²) < 4.78 is 4.85. The first kappa shape index (κ1) is 14.2. The SMILES string of the molecule is CCOC(=O)C(CC(C)C)NC(=O)CCl. The Kier molecular flexibility index (Phi) is 7.13. The van der Waals surface area contributed by atoms with Gasteiger partial charge >= 0.3 is 5.97 Å². The van der Waals surface area contributed by atoms with Crippen LogP contribution in [0.5, 0.6) is 0 Å². The van der Waals surface area contributed by atoms with Crippen molar-refractivity contribution >= 4 is 23.5 Å². The van der Waals surface area contributed by atoms with E-state index in [1.54, 1.807) is 6.92 Å². The van der Waals surface area contributed by atoms with Crippen molar-refractivity contribution in [2.24, 2.45) is 5.92 Å². The Morgan fingerprint density at radius 1 is 1.40 bits per heavy atom. The molecule has 1 amide bonds. The van der Waals surface area contributed by atoms with Crippen molar-refractivity contribution in [2.75, 3.05) is 12.5 Å². The molecule has 1 N–H and O–H groups in total. The fourth-order valence-corrected chi connectivity index (χ4v) is 1.24. The van der Waals surface area contributed by atoms with Gasteiger partial charge in [0.15, 0.2) is 0 Å². The van der Waals surface area contributed by atoms with Gasteiger partial charge in [-0.2, -0.15) is 0 Å². The largest absolute Gasteiger partial charge is 0.464 e. The number of carbonyl (C=O) groups excluding carboxylic acids is 2. The van der Waals surface area contributed by atoms with Crippen LogP contribution in [0, 0.1) is 5.92 Å². The minimum absolute atomic E-state index is 0.145. The van der Waals surface area contributed by atoms with E-state index in [2.05, 4.69) is 5.32 Å². The van der Waals surface area contributed by atoms with E-state index in [-0.39, 0.29) is 11.8 Å². The molecule has 0 rings (SSSR count). The molecule has 15 heavy (non-hydrogen) atoms. The van der Waals surface area contributed by atoms with Crippen LogP contribution >= 0.6 is 11.6 Å². The highest BCUT2D eigenvalue weighted by molar-refractivity contribution is 6.27. The Hall–Kier alpha value is -0.770. The molecule has 0 aromatic rings. The summed E-state index contributed by atoms with van der Waals surface area (Å²) in [5.74, 6) is -0.594. The fourth-order valence-electron chi connectivity index (χ4n) is 1.16. The van der Waals surface area contributed by atoms with Crippen LogP contribution in [0.3, 0.4) is 0 Å². The van der Waals surface area contributed by atoms with E-state index < -0.39 is 12.0 Å². The molecule has 0 aromatic carbocycles. The molecule has 5 heteroatoms. The molecule has 0 aliphatic heterocycles. The molecule has 1 unspecified atom stereocenters. The molecular weight excluding hydrogens is 218 g/mol. The van der Waals surface area contributed by atoms with Crippen LogP contribution in [0.25, 0.3) is 0 Å². The molecule has 88 valence electrons. The standard InChI is InChI=1S/C10H18ClNO3/c1-4-15-10(14)8(5-7(2)3)12-9(13)6-11/h7-8H,4-6H2,1-3H3,(H,12,13). The molecule has 0 radical (unpaired) electrons. The van der Waals surface area contributed by atoms with Gasteiger partial charge in [0.25, 0.3) is 0 Å². The molecule has 0 saturated carbocycles. The first-order valence-electron chi connectivity index (χ1n) is 5.03. The fraction of sp³-hybridized carbons (Fsp3) is 0.800. The highest BCUT2D eigenvalue weighted by atomic mass is 35.5. The van der Waals surface area contributed by atoms with Gasteiger partial charge < -0.3 is 10.1 Å². The lowest BCUT2D eigenvalue weighted by Crippen LogP contribution is -2.43. The molecule has 0 aliphatic carbocycles. The van der Waals surface area contributed by atoms with Crippen LogP contribution in [-0.2, 0) is 14.3 Å². The third-order valence-corrected chi connectivity index (χ3v) is 1.98. The van der Waals surface area contributed by atoms with Gasteiger partial charge in [-0.15, -0.1) is 11.6 Å². The first-order valence-corrected chi connectivity index (χ1v) is 5.56. The summed E-state index contributed by atoms with van der Waals surface area (Å²) in [5.41, 5.74) is 0. The van der Waals surface area contributed by atoms with Gasteiger partial charge in [-0.25, -0.2) is 4.79 Å². The van der Waals surface area contributed by atoms with Crippen LogP contribution < -0.4 is 5.32 Å². The summed E-state index contributed by atoms with van der Waals surface area (Å²) in [6.07, 6.45) is 0.557. The number of rotatable bonds is 6. The quantitative estimate of drug-likeness (QED) is 0.558. The summed E-state index contributed by atoms with van der Waals surface area (Å²) in [6.45, 7) is 5.98. The summed E-state index contributed by atoms with van der Waals surface area (Å²) in [6, 6.07) is -0.587. The number of hydrogen-bond acceptors (Lipinski definition) is 3. The normalized spacial score (nSPS) is 12.3. The Labute approximate surface area is 95.3 Å². The number of alkyl halides is 1. The Balaban J connectivity index is 4.29. The average molecular weight is 236 g/mol. The van der Waals surface area contributed by atoms with Crippen LogP contribution in [0.2, 0.25) is 0 Å². The molecule has 0 aliphatic rings. The van der Waals surface area contributed by atoms with Gasteiger partial charge in [-0.05, 0) is 19.3 Å². The molecule has 1 atom stereocenters. The predicted molar refractivity (Wildman–Crippen MR) is 58.7 cm³/mol. The van der Waals surface area contributed by atoms with E-state index in [4.69, 9.17) is 16.3 Å². The minimum Gasteiger partial charge on any atom is -0.464 e. The Morgan fingerprint density at radius 2 is 2.00 bits per heavy atom. The highest BCUT2D eigenvalue weighted by Crippen LogP contribution is 2.06. The number of ether oxygens (including phenoxy) is 1. The number of nitrogens with one attached hydrogen (secondary N) is 1. The summed E-state index contributed by atoms with van der Waals surface area (Å²) in [5, 5.41) is 2.54. The van der Waals surface area contributed by atoms with Crippen molar-refractivity contribution in [3.05, 3.63) is 0 Å². The third-order valence-electron chi connectivity index (χ3n) is 1.73. The monoisotopic (exact) mass is 235 g/mol. The van der Waals surface area contributed by atoms with Gasteiger partial charge in [-0.1, -0.05) is 13.8 Å². The van der Waals surface area contributed by atoms with Gasteiger partial charge in [0.1, 0.15) is 11.9 Å². The van der Waals surface area contributed by atoms with Crippen LogP contribution in [0.1, 0.15) is 27.2 Å². The van der Waals surface area contributed by atoms with Crippen LogP contribution in [0.4, 0.5) is 0 Å². The molecular formula is C10H18ClNO3. The van der Waals surface area contributed by atoms with Gasteiger partial charge in [0.05, 0.1) is 6.61 Å². The van der Waals surface area contributed by atoms with Gasteiger partial charge in [0, 0.05) is 0 Å². The molecule has 0 bridgehead atoms. The zero-order chi connectivity index (χ0) is 11.8. The Morgan fingerprint density at radius 3 is 2.40 bits per heavy atom. The van der Waals surface area contributed by atoms with Crippen molar-refractivity contribution in [3.8, 4) is 0 Å². The van der Waals surface area contributed by atoms with Crippen molar-refractivity contribution in [2.45, 2.75) is 33.2 Å². The molecule has 4 nitrogen and oxygen atoms in total. The number of hydrogen-bond donors (Lipinski definition) is 1. The summed E-state index contributed by atoms with van der Waals surface area (Å²) in [4.78, 5) is 22.5. The Bertz CT molecular complexity index is 219. The smallest absolute Gasteiger partial charge is 0.328 e. The first-order chi connectivity index (χ1) is 7.01. The van der Waals surface area contributed by atoms with Crippen LogP contribution in [-0.4, -0.2) is 30.4 Å². The van der Waals surface area contributed by atoms with E-state index >= 15 is 0 Å². The van der Waals surface area contributed by atoms with Gasteiger partial charge in [0.2, 0.25) is 5.91 Å². The number of carbonyl (C=O) groups is 2. The summed E-state index contributed by atoms with van der Waals surface area (Å²) in [7, 11) is 0. The van der Waals surface area contributed by atoms with Crippen molar-refractivity contribution in [3.63, 3.8) is 0 Å². The molecule has 0 fully saturated rings. The maximum absolute atomic E-state index is 11.5. The lowest BCUT2D eigenvalue weighted by atomic mass is 10.0. The third kappa shape index (κ3) is 6.33. The zero-order valence-electron chi connectivity index (χ0n) is 9.38. The maximum atomic E-state index is 11.5. The van der Waals surface area contributed by atoms with Crippen molar-refractivity contribution < 1.29 is 14.3 Å². The van der Waals surface area contributed by atoms with E-state index in [0.717, 1.165) is 0 Å². The second-order valence-corrected chi connectivity index (χ2v) is 3.90. The van der Waals surface area contributed by atoms with Gasteiger partial charge in [-0.3, -0.25) is 4.79 Å². The lowest BCUT2D eigenvalue weighted by molar-refractivity contribution is -0.147. The number of halogens is 1. The van der Waals surface area contributed by atoms with E-state index in [0.29, 0.717) is 18.9 Å². The second-order valence-electron chi connectivity index (χ2n) is 3.64. The average Bonchev–Trinajstić information content (AvgIpc) is 2.16. The zero-order valence-corrected chi connectivity index (χ0v) is 10.1. The van der Waals surface area contributed by atoms with Crippen LogP contribution in [0.15, 0.2) is 0 Å². The van der Waals surface area contributed by atoms with Crippen molar-refractivity contribution in [1.82, 2.24) is 5.32 Å². The topological polar surface area (TPSA) is 55.4 Å². The predicted octanol–water partition coefficient (Wildman–Crippen LogP) is 1.32. The highest BCUT2D eigenvalue weighted by Gasteiger charge is 2.22.